The molecule has 126 valence electrons. The van der Waals surface area contributed by atoms with Gasteiger partial charge in [0, 0.05) is 12.6 Å². The van der Waals surface area contributed by atoms with Crippen LogP contribution in [-0.4, -0.2) is 13.3 Å². The SMILES string of the molecule is CCCCCCN(CF)c1cc(F)c(F)c(C(F)(F)F)c1F. The lowest BCUT2D eigenvalue weighted by atomic mass is 10.1. The van der Waals surface area contributed by atoms with E-state index in [4.69, 9.17) is 0 Å². The van der Waals surface area contributed by atoms with Crippen LogP contribution in [-0.2, 0) is 6.18 Å². The Balaban J connectivity index is 3.14. The molecule has 1 aromatic rings. The van der Waals surface area contributed by atoms with Crippen LogP contribution >= 0.6 is 0 Å². The lowest BCUT2D eigenvalue weighted by molar-refractivity contribution is -0.142. The Morgan fingerprint density at radius 3 is 2.14 bits per heavy atom. The molecule has 0 spiro atoms. The van der Waals surface area contributed by atoms with Crippen molar-refractivity contribution in [2.45, 2.75) is 38.8 Å². The highest BCUT2D eigenvalue weighted by atomic mass is 19.4. The summed E-state index contributed by atoms with van der Waals surface area (Å²) < 4.78 is 91.2. The van der Waals surface area contributed by atoms with E-state index in [9.17, 15) is 30.7 Å². The van der Waals surface area contributed by atoms with Gasteiger partial charge in [-0.15, -0.1) is 0 Å². The number of hydrogen-bond acceptors (Lipinski definition) is 1. The number of alkyl halides is 4. The zero-order chi connectivity index (χ0) is 16.9. The van der Waals surface area contributed by atoms with Gasteiger partial charge >= 0.3 is 6.18 Å². The average molecular weight is 331 g/mol. The van der Waals surface area contributed by atoms with Crippen molar-refractivity contribution in [1.29, 1.82) is 0 Å². The van der Waals surface area contributed by atoms with Gasteiger partial charge in [-0.25, -0.2) is 17.6 Å². The first-order valence-electron chi connectivity index (χ1n) is 6.79. The Labute approximate surface area is 123 Å². The summed E-state index contributed by atoms with van der Waals surface area (Å²) in [4.78, 5) is 0.628. The van der Waals surface area contributed by atoms with Crippen LogP contribution in [0.2, 0.25) is 0 Å². The number of rotatable bonds is 7. The summed E-state index contributed by atoms with van der Waals surface area (Å²) in [7, 11) is 0. The molecule has 0 amide bonds. The van der Waals surface area contributed by atoms with E-state index in [2.05, 4.69) is 0 Å². The molecule has 0 fully saturated rings. The number of nitrogens with zero attached hydrogens (tertiary/aromatic N) is 1. The molecule has 1 rings (SSSR count). The standard InChI is InChI=1S/C14H16F7N/c1-2-3-4-5-6-22(8-15)10-7-9(16)12(17)11(13(10)18)14(19,20)21/h7H,2-6,8H2,1H3. The van der Waals surface area contributed by atoms with Gasteiger partial charge in [0.1, 0.15) is 5.56 Å². The fourth-order valence-electron chi connectivity index (χ4n) is 2.04. The van der Waals surface area contributed by atoms with Gasteiger partial charge in [0.2, 0.25) is 0 Å². The van der Waals surface area contributed by atoms with Gasteiger partial charge in [0.05, 0.1) is 5.69 Å². The van der Waals surface area contributed by atoms with E-state index in [1.54, 1.807) is 0 Å². The zero-order valence-electron chi connectivity index (χ0n) is 11.9. The van der Waals surface area contributed by atoms with Crippen molar-refractivity contribution in [3.8, 4) is 0 Å². The Morgan fingerprint density at radius 2 is 1.64 bits per heavy atom. The van der Waals surface area contributed by atoms with Gasteiger partial charge in [0.15, 0.2) is 24.3 Å². The van der Waals surface area contributed by atoms with Gasteiger partial charge < -0.3 is 4.90 Å². The largest absolute Gasteiger partial charge is 0.422 e. The van der Waals surface area contributed by atoms with Gasteiger partial charge in [-0.3, -0.25) is 0 Å². The molecular weight excluding hydrogens is 315 g/mol. The third-order valence-electron chi connectivity index (χ3n) is 3.19. The predicted octanol–water partition coefficient (Wildman–Crippen LogP) is 5.44. The first-order chi connectivity index (χ1) is 10.2. The van der Waals surface area contributed by atoms with Gasteiger partial charge in [-0.2, -0.15) is 13.2 Å². The monoisotopic (exact) mass is 331 g/mol. The highest BCUT2D eigenvalue weighted by molar-refractivity contribution is 5.51. The lowest BCUT2D eigenvalue weighted by Crippen LogP contribution is -2.26. The van der Waals surface area contributed by atoms with Gasteiger partial charge in [-0.1, -0.05) is 26.2 Å². The molecule has 1 aromatic carbocycles. The minimum Gasteiger partial charge on any atom is -0.342 e. The molecule has 0 radical (unpaired) electrons. The Bertz CT molecular complexity index is 499. The van der Waals surface area contributed by atoms with Crippen molar-refractivity contribution in [2.24, 2.45) is 0 Å². The second-order valence-corrected chi connectivity index (χ2v) is 4.82. The quantitative estimate of drug-likeness (QED) is 0.278. The molecular formula is C14H16F7N. The maximum Gasteiger partial charge on any atom is 0.422 e. The smallest absolute Gasteiger partial charge is 0.342 e. The molecule has 0 bridgehead atoms. The van der Waals surface area contributed by atoms with Crippen LogP contribution in [0, 0.1) is 17.5 Å². The van der Waals surface area contributed by atoms with E-state index < -0.39 is 41.7 Å². The third kappa shape index (κ3) is 4.27. The molecule has 0 saturated heterocycles. The van der Waals surface area contributed by atoms with Crippen LogP contribution in [0.25, 0.3) is 0 Å². The van der Waals surface area contributed by atoms with E-state index in [0.717, 1.165) is 12.8 Å². The third-order valence-corrected chi connectivity index (χ3v) is 3.19. The predicted molar refractivity (Wildman–Crippen MR) is 68.8 cm³/mol. The summed E-state index contributed by atoms with van der Waals surface area (Å²) in [6, 6.07) is 0.249. The molecule has 0 atom stereocenters. The zero-order valence-corrected chi connectivity index (χ0v) is 11.9. The molecule has 8 heteroatoms. The topological polar surface area (TPSA) is 3.24 Å². The maximum absolute atomic E-state index is 13.9. The van der Waals surface area contributed by atoms with E-state index in [1.165, 1.54) is 0 Å². The molecule has 0 heterocycles. The Hall–Kier alpha value is -1.47. The van der Waals surface area contributed by atoms with Crippen molar-refractivity contribution in [1.82, 2.24) is 0 Å². The van der Waals surface area contributed by atoms with Crippen LogP contribution in [0.4, 0.5) is 36.4 Å². The van der Waals surface area contributed by atoms with Crippen molar-refractivity contribution >= 4 is 5.69 Å². The van der Waals surface area contributed by atoms with E-state index in [-0.39, 0.29) is 12.6 Å². The van der Waals surface area contributed by atoms with Crippen molar-refractivity contribution < 1.29 is 30.7 Å². The number of halogens is 7. The molecule has 0 N–H and O–H groups in total. The minimum absolute atomic E-state index is 0.0875. The molecule has 1 nitrogen and oxygen atoms in total. The van der Waals surface area contributed by atoms with Crippen molar-refractivity contribution in [3.05, 3.63) is 29.1 Å². The van der Waals surface area contributed by atoms with Crippen LogP contribution in [0.3, 0.4) is 0 Å². The summed E-state index contributed by atoms with van der Waals surface area (Å²) in [5, 5.41) is 0. The lowest BCUT2D eigenvalue weighted by Gasteiger charge is -2.23. The molecule has 0 unspecified atom stereocenters. The average Bonchev–Trinajstić information content (AvgIpc) is 2.42. The van der Waals surface area contributed by atoms with Gasteiger partial charge in [-0.05, 0) is 6.42 Å². The van der Waals surface area contributed by atoms with Crippen molar-refractivity contribution in [2.75, 3.05) is 18.2 Å². The van der Waals surface area contributed by atoms with Gasteiger partial charge in [0.25, 0.3) is 0 Å². The Kier molecular flexibility index (Phi) is 6.49. The fraction of sp³-hybridized carbons (Fsp3) is 0.571. The maximum atomic E-state index is 13.9. The van der Waals surface area contributed by atoms with E-state index in [0.29, 0.717) is 17.7 Å². The van der Waals surface area contributed by atoms with Crippen molar-refractivity contribution in [3.63, 3.8) is 0 Å². The Morgan fingerprint density at radius 1 is 1.00 bits per heavy atom. The van der Waals surface area contributed by atoms with Crippen LogP contribution < -0.4 is 4.90 Å². The summed E-state index contributed by atoms with van der Waals surface area (Å²) in [6.45, 7) is 0.540. The number of anilines is 1. The normalized spacial score (nSPS) is 11.8. The van der Waals surface area contributed by atoms with E-state index >= 15 is 0 Å². The summed E-state index contributed by atoms with van der Waals surface area (Å²) in [6.07, 6.45) is -2.63. The van der Waals surface area contributed by atoms with E-state index in [1.807, 2.05) is 6.92 Å². The highest BCUT2D eigenvalue weighted by Gasteiger charge is 2.41. The molecule has 0 aliphatic rings. The number of hydrogen-bond donors (Lipinski definition) is 0. The van der Waals surface area contributed by atoms with Crippen LogP contribution in [0.15, 0.2) is 6.07 Å². The first-order valence-corrected chi connectivity index (χ1v) is 6.79. The summed E-state index contributed by atoms with van der Waals surface area (Å²) in [5.41, 5.74) is -3.26. The second-order valence-electron chi connectivity index (χ2n) is 4.82. The van der Waals surface area contributed by atoms with Crippen LogP contribution in [0.5, 0.6) is 0 Å². The minimum atomic E-state index is -5.41. The highest BCUT2D eigenvalue weighted by Crippen LogP contribution is 2.38. The molecule has 22 heavy (non-hydrogen) atoms. The molecule has 0 saturated carbocycles. The molecule has 0 aliphatic carbocycles. The summed E-state index contributed by atoms with van der Waals surface area (Å²) in [5.74, 6) is -6.19. The van der Waals surface area contributed by atoms with Crippen LogP contribution in [0.1, 0.15) is 38.2 Å². The molecule has 0 aliphatic heterocycles. The molecule has 0 aromatic heterocycles. The second kappa shape index (κ2) is 7.69. The summed E-state index contributed by atoms with van der Waals surface area (Å²) >= 11 is 0. The number of benzene rings is 1. The first kappa shape index (κ1) is 18.6. The fourth-order valence-corrected chi connectivity index (χ4v) is 2.04. The number of unbranched alkanes of at least 4 members (excludes halogenated alkanes) is 3.